The average molecular weight is 1900 g/mol. The van der Waals surface area contributed by atoms with Gasteiger partial charge in [0, 0.05) is 140 Å². The molecule has 4 amide bonds. The van der Waals surface area contributed by atoms with E-state index in [0.717, 1.165) is 82.8 Å². The molecule has 4 atom stereocenters. The number of morpholine rings is 4. The van der Waals surface area contributed by atoms with Gasteiger partial charge >= 0.3 is 42.7 Å². The Balaban J connectivity index is -0.000000421. The second-order valence-corrected chi connectivity index (χ2v) is 31.7. The number of aliphatic hydroxyl groups is 1. The maximum Gasteiger partial charge on any atom is 0.519 e. The average Bonchev–Trinajstić information content (AvgIpc) is 0.867. The summed E-state index contributed by atoms with van der Waals surface area (Å²) in [5.41, 5.74) is 5.92. The number of carbonyl (C=O) groups excluding carboxylic acids is 7. The van der Waals surface area contributed by atoms with Crippen LogP contribution < -0.4 is 27.0 Å². The number of hydrogen-bond donors (Lipinski definition) is 6. The number of esters is 1. The van der Waals surface area contributed by atoms with Crippen molar-refractivity contribution < 1.29 is 136 Å². The number of ether oxygens (including phenoxy) is 12. The smallest absolute Gasteiger partial charge is 0.466 e. The molecule has 4 fully saturated rings. The molecule has 7 N–H and O–H groups in total. The fourth-order valence-electron chi connectivity index (χ4n) is 9.49. The predicted octanol–water partition coefficient (Wildman–Crippen LogP) is 14.2. The number of amides is 4. The number of alkyl carbamates (subject to hydrolysis) is 3. The van der Waals surface area contributed by atoms with E-state index in [1.807, 2.05) is 102 Å². The summed E-state index contributed by atoms with van der Waals surface area (Å²) in [4.78, 5) is 87.3. The summed E-state index contributed by atoms with van der Waals surface area (Å²) < 4.78 is 61.3. The van der Waals surface area contributed by atoms with E-state index in [1.165, 1.54) is 26.6 Å². The van der Waals surface area contributed by atoms with Gasteiger partial charge in [0.25, 0.3) is 0 Å². The van der Waals surface area contributed by atoms with Crippen LogP contribution in [0.4, 0.5) is 28.8 Å². The van der Waals surface area contributed by atoms with Gasteiger partial charge in [-0.25, -0.2) is 28.8 Å². The second kappa shape index (κ2) is 64.0. The molecule has 115 heavy (non-hydrogen) atoms. The number of nitrogens with zero attached hydrogens (tertiary/aromatic N) is 4. The molecule has 4 heterocycles. The maximum absolute atomic E-state index is 12.2. The molecule has 4 saturated heterocycles. The number of nitrogens with two attached hydrogens (primary N) is 1. The van der Waals surface area contributed by atoms with Crippen LogP contribution in [0.2, 0.25) is 20.1 Å². The summed E-state index contributed by atoms with van der Waals surface area (Å²) in [6.45, 7) is 52.2. The molecule has 3 aromatic rings. The van der Waals surface area contributed by atoms with Gasteiger partial charge in [0.05, 0.1) is 84.1 Å². The van der Waals surface area contributed by atoms with Gasteiger partial charge in [-0.3, -0.25) is 14.6 Å². The summed E-state index contributed by atoms with van der Waals surface area (Å²) >= 11 is 23.9. The fraction of sp³-hybridized carbons (Fsp3) is 0.662. The first kappa shape index (κ1) is 119. The third-order valence-corrected chi connectivity index (χ3v) is 15.8. The van der Waals surface area contributed by atoms with Gasteiger partial charge in [-0.05, 0) is 171 Å². The van der Waals surface area contributed by atoms with Crippen molar-refractivity contribution >= 4 is 89.1 Å². The number of hydrogen-bond acceptors (Lipinski definition) is 25. The predicted molar refractivity (Wildman–Crippen MR) is 446 cm³/mol. The van der Waals surface area contributed by atoms with E-state index in [0.29, 0.717) is 79.2 Å². The molecule has 4 aliphatic rings. The molecular formula is C80H137Cl4N9O20Pd2-2. The van der Waals surface area contributed by atoms with Crippen molar-refractivity contribution in [3.05, 3.63) is 118 Å². The number of benzene rings is 3. The van der Waals surface area contributed by atoms with Crippen molar-refractivity contribution in [3.8, 4) is 0 Å². The van der Waals surface area contributed by atoms with Gasteiger partial charge in [0.15, 0.2) is 0 Å². The van der Waals surface area contributed by atoms with Crippen molar-refractivity contribution in [3.63, 3.8) is 0 Å². The van der Waals surface area contributed by atoms with E-state index in [-0.39, 0.29) is 105 Å². The second-order valence-electron chi connectivity index (χ2n) is 30.1. The van der Waals surface area contributed by atoms with Crippen molar-refractivity contribution in [2.45, 2.75) is 211 Å². The number of halogens is 4. The van der Waals surface area contributed by atoms with Crippen LogP contribution in [0.5, 0.6) is 0 Å². The van der Waals surface area contributed by atoms with E-state index in [9.17, 15) is 33.6 Å². The molecule has 0 aromatic heterocycles. The van der Waals surface area contributed by atoms with Gasteiger partial charge in [0.2, 0.25) is 0 Å². The van der Waals surface area contributed by atoms with Gasteiger partial charge < -0.3 is 114 Å². The Labute approximate surface area is 734 Å². The minimum Gasteiger partial charge on any atom is -0.466 e. The zero-order chi connectivity index (χ0) is 84.6. The largest absolute Gasteiger partial charge is 0.519 e. The minimum atomic E-state index is -1.06. The number of nitrogens with one attached hydrogen (secondary N) is 4. The molecule has 7 rings (SSSR count). The van der Waals surface area contributed by atoms with E-state index >= 15 is 0 Å². The minimum absolute atomic E-state index is 0. The quantitative estimate of drug-likeness (QED) is 0.0240. The van der Waals surface area contributed by atoms with Crippen LogP contribution in [-0.4, -0.2) is 258 Å². The molecule has 0 bridgehead atoms. The van der Waals surface area contributed by atoms with Gasteiger partial charge in [-0.15, -0.1) is 0 Å². The summed E-state index contributed by atoms with van der Waals surface area (Å²) in [7, 11) is 1.00. The summed E-state index contributed by atoms with van der Waals surface area (Å²) in [5.74, 6) is -0.211. The van der Waals surface area contributed by atoms with Crippen LogP contribution in [0.3, 0.4) is 0 Å². The Bertz CT molecular complexity index is 3090. The SMILES string of the molecule is CC(C)(C)OC(=O)NC[C@H]1CN(C(=O)OCc2ccccc2)CCO1.CC(C)(C)OC(=O)NC[C@H]1CN(Cc2ccc(Cl)c(Cl)c2)CCO1.CC(C)(C)OC(=O)NC[C@H]1CNCCO1.CC(C)(C)OC(=O)OC(=O)OC(C)(C)C.CCN(CC)CC.CCOC(C)=O.CO.NC[C@H]1CN(Cc2ccc(Cl)c(Cl)c2)CCO1.[CH3-].[CH3-].[Pd].[Pd]. The molecule has 4 aliphatic heterocycles. The van der Waals surface area contributed by atoms with Crippen LogP contribution in [0, 0.1) is 14.9 Å². The van der Waals surface area contributed by atoms with Gasteiger partial charge in [0.1, 0.15) is 34.6 Å². The first-order valence-corrected chi connectivity index (χ1v) is 38.8. The van der Waals surface area contributed by atoms with Crippen LogP contribution in [0.1, 0.15) is 155 Å². The molecule has 0 aliphatic carbocycles. The van der Waals surface area contributed by atoms with Gasteiger partial charge in [-0.2, -0.15) is 0 Å². The summed E-state index contributed by atoms with van der Waals surface area (Å²) in [6, 6.07) is 20.9. The van der Waals surface area contributed by atoms with Crippen molar-refractivity contribution in [1.82, 2.24) is 40.9 Å². The molecule has 0 saturated carbocycles. The first-order chi connectivity index (χ1) is 51.8. The van der Waals surface area contributed by atoms with E-state index in [2.05, 4.69) is 66.2 Å². The first-order valence-electron chi connectivity index (χ1n) is 37.3. The van der Waals surface area contributed by atoms with E-state index < -0.39 is 58.6 Å². The molecule has 3 aromatic carbocycles. The third kappa shape index (κ3) is 64.6. The zero-order valence-electron chi connectivity index (χ0n) is 72.1. The monoisotopic (exact) mass is 1900 g/mol. The number of aliphatic hydroxyl groups excluding tert-OH is 1. The molecule has 0 radical (unpaired) electrons. The van der Waals surface area contributed by atoms with Crippen LogP contribution in [0.15, 0.2) is 66.7 Å². The van der Waals surface area contributed by atoms with E-state index in [4.69, 9.17) is 105 Å². The Kier molecular flexibility index (Phi) is 66.0. The Hall–Kier alpha value is -4.97. The number of rotatable bonds is 17. The fourth-order valence-corrected chi connectivity index (χ4v) is 10.1. The zero-order valence-corrected chi connectivity index (χ0v) is 78.3. The Morgan fingerprint density at radius 1 is 0.504 bits per heavy atom. The molecule has 0 spiro atoms. The Morgan fingerprint density at radius 2 is 0.878 bits per heavy atom. The Morgan fingerprint density at radius 3 is 1.22 bits per heavy atom. The van der Waals surface area contributed by atoms with Crippen molar-refractivity contribution in [2.24, 2.45) is 5.73 Å². The van der Waals surface area contributed by atoms with Crippen LogP contribution >= 0.6 is 46.4 Å². The van der Waals surface area contributed by atoms with Crippen LogP contribution in [0.25, 0.3) is 0 Å². The topological polar surface area (TPSA) is 338 Å². The molecule has 672 valence electrons. The molecule has 0 unspecified atom stereocenters. The van der Waals surface area contributed by atoms with Crippen LogP contribution in [-0.2, 0) is 122 Å². The number of carbonyl (C=O) groups is 7. The standard InChI is InChI=1S/C18H26N2O5.C17H24Cl2N2O3.C12H16Cl2N2O.C10H20N2O3.C10H18O5.C6H15N.C4H8O2.CH4O.2CH3.2Pd/c1-18(2,3)25-16(21)19-11-15-12-20(9-10-23-15)17(22)24-13-14-7-5-4-6-8-14;1-17(2,3)24-16(22)20-9-13-11-21(6-7-23-13)10-12-4-5-14(18)15(19)8-12;13-11-2-1-9(5-12(11)14)7-16-3-4-17-10(6-15)8-16;1-10(2,3)15-9(13)12-7-8-6-11-4-5-14-8;1-9(2,3)14-7(11)13-8(12)15-10(4,5)6;1-4-7(5-2)6-3;1-3-6-4(2)5;1-2;;;;/h4-8,15H,9-13H2,1-3H3,(H,19,21);4-5,8,13H,6-7,9-11H2,1-3H3,(H,20,22);1-2,5,10H,3-4,6-8,15H2;8,11H,4-7H2,1-3H3,(H,12,13);1-6H3;4-6H2,1-3H3;3H2,1-2H3;2H,1H3;2*1H3;;/q;;;;;;;;2*-1;;/t15-;13-;10-;8-;;;;;;;;/m0001......../s1. The normalized spacial score (nSPS) is 16.6. The summed E-state index contributed by atoms with van der Waals surface area (Å²) in [6.07, 6.45) is -3.97. The summed E-state index contributed by atoms with van der Waals surface area (Å²) in [5, 5.41) is 20.6. The molecular weight excluding hydrogens is 1760 g/mol. The van der Waals surface area contributed by atoms with Crippen molar-refractivity contribution in [1.29, 1.82) is 0 Å². The third-order valence-electron chi connectivity index (χ3n) is 14.3. The van der Waals surface area contributed by atoms with Gasteiger partial charge in [-0.1, -0.05) is 110 Å². The molecule has 29 nitrogen and oxygen atoms in total. The molecule has 35 heteroatoms. The van der Waals surface area contributed by atoms with E-state index in [1.54, 1.807) is 80.2 Å². The van der Waals surface area contributed by atoms with Crippen molar-refractivity contribution in [2.75, 3.05) is 138 Å². The maximum atomic E-state index is 12.2.